The van der Waals surface area contributed by atoms with Gasteiger partial charge in [-0.3, -0.25) is 4.90 Å². The summed E-state index contributed by atoms with van der Waals surface area (Å²) in [5.74, 6) is 4.18. The van der Waals surface area contributed by atoms with Gasteiger partial charge in [0.25, 0.3) is 0 Å². The van der Waals surface area contributed by atoms with Crippen molar-refractivity contribution in [1.29, 1.82) is 0 Å². The number of piperidine rings is 2. The Kier molecular flexibility index (Phi) is 6.57. The zero-order valence-corrected chi connectivity index (χ0v) is 15.6. The molecule has 2 aliphatic heterocycles. The standard InChI is InChI=1S/C19H26F4N4O/c20-15-3-1-2-14(19(21,22)23)18(15)12-5-8-27(9-6-12)17(28)10-13-4-7-25-11-16(13)26-24/h1-3,12-13,17,25,28H,4-11,24H2/b26-16+. The monoisotopic (exact) mass is 402 g/mol. The lowest BCUT2D eigenvalue weighted by atomic mass is 9.85. The second kappa shape index (κ2) is 8.75. The average molecular weight is 402 g/mol. The summed E-state index contributed by atoms with van der Waals surface area (Å²) in [7, 11) is 0. The van der Waals surface area contributed by atoms with Crippen LogP contribution in [0.4, 0.5) is 17.6 Å². The minimum absolute atomic E-state index is 0.0855. The Balaban J connectivity index is 1.64. The van der Waals surface area contributed by atoms with Crippen molar-refractivity contribution in [2.45, 2.75) is 44.0 Å². The predicted octanol–water partition coefficient (Wildman–Crippen LogP) is 2.66. The highest BCUT2D eigenvalue weighted by molar-refractivity contribution is 5.89. The smallest absolute Gasteiger partial charge is 0.378 e. The van der Waals surface area contributed by atoms with Crippen molar-refractivity contribution in [1.82, 2.24) is 10.2 Å². The molecule has 2 atom stereocenters. The molecule has 5 nitrogen and oxygen atoms in total. The summed E-state index contributed by atoms with van der Waals surface area (Å²) in [6.45, 7) is 2.25. The lowest BCUT2D eigenvalue weighted by Crippen LogP contribution is -2.45. The molecule has 2 aliphatic rings. The molecule has 1 aromatic carbocycles. The zero-order chi connectivity index (χ0) is 20.3. The number of aliphatic hydroxyl groups is 1. The van der Waals surface area contributed by atoms with Crippen LogP contribution in [-0.2, 0) is 6.18 Å². The molecule has 0 saturated carbocycles. The number of alkyl halides is 3. The Labute approximate surface area is 161 Å². The fourth-order valence-electron chi connectivity index (χ4n) is 4.30. The number of hydrogen-bond acceptors (Lipinski definition) is 5. The molecule has 0 bridgehead atoms. The van der Waals surface area contributed by atoms with E-state index in [1.807, 2.05) is 4.90 Å². The van der Waals surface area contributed by atoms with E-state index in [-0.39, 0.29) is 11.5 Å². The molecular weight excluding hydrogens is 376 g/mol. The van der Waals surface area contributed by atoms with Crippen molar-refractivity contribution in [3.8, 4) is 0 Å². The minimum Gasteiger partial charge on any atom is -0.378 e. The highest BCUT2D eigenvalue weighted by atomic mass is 19.4. The Bertz CT molecular complexity index is 702. The maximum absolute atomic E-state index is 14.2. The van der Waals surface area contributed by atoms with Gasteiger partial charge >= 0.3 is 6.18 Å². The third-order valence-electron chi connectivity index (χ3n) is 5.83. The van der Waals surface area contributed by atoms with Gasteiger partial charge in [-0.2, -0.15) is 18.3 Å². The number of rotatable bonds is 4. The SMILES string of the molecule is N/N=C1\CNCCC1CC(O)N1CCC(c2c(F)cccc2C(F)(F)F)CC1. The summed E-state index contributed by atoms with van der Waals surface area (Å²) in [5.41, 5.74) is -0.327. The van der Waals surface area contributed by atoms with Gasteiger partial charge < -0.3 is 16.3 Å². The van der Waals surface area contributed by atoms with Crippen molar-refractivity contribution >= 4 is 5.71 Å². The number of hydrogen-bond donors (Lipinski definition) is 3. The van der Waals surface area contributed by atoms with Crippen LogP contribution in [0.1, 0.15) is 42.7 Å². The number of likely N-dealkylation sites (tertiary alicyclic amines) is 1. The van der Waals surface area contributed by atoms with E-state index >= 15 is 0 Å². The number of hydrazone groups is 1. The molecular formula is C19H26F4N4O. The molecule has 0 aromatic heterocycles. The van der Waals surface area contributed by atoms with Crippen LogP contribution < -0.4 is 11.2 Å². The van der Waals surface area contributed by atoms with Gasteiger partial charge in [-0.25, -0.2) is 4.39 Å². The number of aliphatic hydroxyl groups excluding tert-OH is 1. The lowest BCUT2D eigenvalue weighted by molar-refractivity contribution is -0.138. The average Bonchev–Trinajstić information content (AvgIpc) is 2.67. The fraction of sp³-hybridized carbons (Fsp3) is 0.632. The number of nitrogens with one attached hydrogen (secondary N) is 1. The zero-order valence-electron chi connectivity index (χ0n) is 15.6. The molecule has 2 unspecified atom stereocenters. The first-order valence-corrected chi connectivity index (χ1v) is 9.56. The first kappa shape index (κ1) is 21.0. The van der Waals surface area contributed by atoms with E-state index in [9.17, 15) is 22.7 Å². The molecule has 2 heterocycles. The van der Waals surface area contributed by atoms with Crippen molar-refractivity contribution in [2.75, 3.05) is 26.2 Å². The highest BCUT2D eigenvalue weighted by Gasteiger charge is 2.38. The Morgan fingerprint density at radius 1 is 1.25 bits per heavy atom. The summed E-state index contributed by atoms with van der Waals surface area (Å²) in [5, 5.41) is 17.6. The second-order valence-electron chi connectivity index (χ2n) is 7.51. The van der Waals surface area contributed by atoms with Crippen molar-refractivity contribution in [2.24, 2.45) is 16.9 Å². The third-order valence-corrected chi connectivity index (χ3v) is 5.83. The fourth-order valence-corrected chi connectivity index (χ4v) is 4.30. The van der Waals surface area contributed by atoms with E-state index in [2.05, 4.69) is 10.4 Å². The van der Waals surface area contributed by atoms with Crippen LogP contribution in [-0.4, -0.2) is 48.1 Å². The first-order chi connectivity index (χ1) is 13.3. The van der Waals surface area contributed by atoms with Gasteiger partial charge in [0.1, 0.15) is 12.0 Å². The van der Waals surface area contributed by atoms with Gasteiger partial charge in [0.15, 0.2) is 0 Å². The third kappa shape index (κ3) is 4.64. The van der Waals surface area contributed by atoms with Gasteiger partial charge in [-0.15, -0.1) is 0 Å². The topological polar surface area (TPSA) is 73.9 Å². The van der Waals surface area contributed by atoms with Gasteiger partial charge in [0, 0.05) is 31.1 Å². The molecule has 3 rings (SSSR count). The molecule has 0 spiro atoms. The molecule has 2 fully saturated rings. The molecule has 156 valence electrons. The second-order valence-corrected chi connectivity index (χ2v) is 7.51. The van der Waals surface area contributed by atoms with E-state index in [1.165, 1.54) is 0 Å². The van der Waals surface area contributed by atoms with Crippen LogP contribution >= 0.6 is 0 Å². The molecule has 4 N–H and O–H groups in total. The number of benzene rings is 1. The molecule has 0 aliphatic carbocycles. The van der Waals surface area contributed by atoms with Crippen LogP contribution in [0.2, 0.25) is 0 Å². The van der Waals surface area contributed by atoms with Crippen LogP contribution in [0.25, 0.3) is 0 Å². The Morgan fingerprint density at radius 3 is 2.61 bits per heavy atom. The van der Waals surface area contributed by atoms with E-state index in [0.717, 1.165) is 36.9 Å². The van der Waals surface area contributed by atoms with E-state index in [4.69, 9.17) is 5.84 Å². The van der Waals surface area contributed by atoms with Crippen LogP contribution in [0.5, 0.6) is 0 Å². The summed E-state index contributed by atoms with van der Waals surface area (Å²) >= 11 is 0. The Morgan fingerprint density at radius 2 is 1.96 bits per heavy atom. The maximum atomic E-state index is 14.2. The predicted molar refractivity (Wildman–Crippen MR) is 98.2 cm³/mol. The van der Waals surface area contributed by atoms with Crippen molar-refractivity contribution in [3.05, 3.63) is 35.1 Å². The lowest BCUT2D eigenvalue weighted by Gasteiger charge is -2.37. The number of nitrogens with two attached hydrogens (primary N) is 1. The minimum atomic E-state index is -4.58. The van der Waals surface area contributed by atoms with Gasteiger partial charge in [-0.05, 0) is 50.3 Å². The summed E-state index contributed by atoms with van der Waals surface area (Å²) < 4.78 is 54.0. The van der Waals surface area contributed by atoms with Crippen LogP contribution in [0, 0.1) is 11.7 Å². The van der Waals surface area contributed by atoms with E-state index in [1.54, 1.807) is 0 Å². The summed E-state index contributed by atoms with van der Waals surface area (Å²) in [6, 6.07) is 3.11. The van der Waals surface area contributed by atoms with Crippen molar-refractivity contribution < 1.29 is 22.7 Å². The van der Waals surface area contributed by atoms with Gasteiger partial charge in [0.05, 0.1) is 11.3 Å². The molecule has 0 amide bonds. The number of halogens is 4. The van der Waals surface area contributed by atoms with Crippen molar-refractivity contribution in [3.63, 3.8) is 0 Å². The first-order valence-electron chi connectivity index (χ1n) is 9.56. The molecule has 2 saturated heterocycles. The molecule has 28 heavy (non-hydrogen) atoms. The molecule has 0 radical (unpaired) electrons. The molecule has 9 heteroatoms. The normalized spacial score (nSPS) is 25.2. The highest BCUT2D eigenvalue weighted by Crippen LogP contribution is 2.40. The Hall–Kier alpha value is -1.71. The number of nitrogens with zero attached hydrogens (tertiary/aromatic N) is 2. The van der Waals surface area contributed by atoms with Gasteiger partial charge in [-0.1, -0.05) is 6.07 Å². The largest absolute Gasteiger partial charge is 0.416 e. The molecule has 1 aromatic rings. The maximum Gasteiger partial charge on any atom is 0.416 e. The summed E-state index contributed by atoms with van der Waals surface area (Å²) in [4.78, 5) is 1.85. The summed E-state index contributed by atoms with van der Waals surface area (Å²) in [6.07, 6.45) is -3.26. The van der Waals surface area contributed by atoms with Gasteiger partial charge in [0.2, 0.25) is 0 Å². The quantitative estimate of drug-likeness (QED) is 0.411. The van der Waals surface area contributed by atoms with Crippen LogP contribution in [0.3, 0.4) is 0 Å². The van der Waals surface area contributed by atoms with E-state index in [0.29, 0.717) is 38.9 Å². The van der Waals surface area contributed by atoms with E-state index < -0.39 is 29.7 Å². The van der Waals surface area contributed by atoms with Crippen LogP contribution in [0.15, 0.2) is 23.3 Å².